The zero-order valence-corrected chi connectivity index (χ0v) is 13.0. The molecule has 20 heavy (non-hydrogen) atoms. The molecule has 0 saturated carbocycles. The molecule has 0 atom stereocenters. The van der Waals surface area contributed by atoms with Crippen LogP contribution in [0.2, 0.25) is 0 Å². The van der Waals surface area contributed by atoms with Crippen LogP contribution in [0.1, 0.15) is 23.7 Å². The molecule has 1 aromatic carbocycles. The van der Waals surface area contributed by atoms with Gasteiger partial charge in [-0.3, -0.25) is 4.79 Å². The first kappa shape index (κ1) is 18.5. The normalized spacial score (nSPS) is 9.55. The summed E-state index contributed by atoms with van der Waals surface area (Å²) in [6.07, 6.45) is 0.899. The molecule has 0 aliphatic carbocycles. The lowest BCUT2D eigenvalue weighted by molar-refractivity contribution is 0.0953. The van der Waals surface area contributed by atoms with Gasteiger partial charge in [-0.1, -0.05) is 0 Å². The van der Waals surface area contributed by atoms with E-state index < -0.39 is 0 Å². The molecule has 2 N–H and O–H groups in total. The van der Waals surface area contributed by atoms with Crippen LogP contribution in [0.15, 0.2) is 18.2 Å². The highest BCUT2D eigenvalue weighted by Gasteiger charge is 2.10. The van der Waals surface area contributed by atoms with Gasteiger partial charge in [0, 0.05) is 12.1 Å². The second-order valence-electron chi connectivity index (χ2n) is 4.01. The topological polar surface area (TPSA) is 59.6 Å². The highest BCUT2D eigenvalue weighted by atomic mass is 35.5. The molecule has 6 heteroatoms. The molecular formula is C14H23ClN2O3. The minimum absolute atomic E-state index is 0. The number of benzene rings is 1. The summed E-state index contributed by atoms with van der Waals surface area (Å²) in [7, 11) is 3.45. The van der Waals surface area contributed by atoms with Gasteiger partial charge in [-0.2, -0.15) is 0 Å². The first-order valence-corrected chi connectivity index (χ1v) is 6.46. The van der Waals surface area contributed by atoms with Gasteiger partial charge in [0.1, 0.15) is 0 Å². The Labute approximate surface area is 126 Å². The summed E-state index contributed by atoms with van der Waals surface area (Å²) in [5, 5.41) is 5.89. The standard InChI is InChI=1S/C14H22N2O3.ClH/c1-4-19-12-7-6-11(10-13(12)18-3)14(17)16-9-5-8-15-2;/h6-7,10,15H,4-5,8-9H2,1-3H3,(H,16,17);1H. The Morgan fingerprint density at radius 1 is 1.25 bits per heavy atom. The van der Waals surface area contributed by atoms with Gasteiger partial charge in [-0.05, 0) is 45.1 Å². The van der Waals surface area contributed by atoms with Gasteiger partial charge in [0.25, 0.3) is 5.91 Å². The Bertz CT molecular complexity index is 413. The van der Waals surface area contributed by atoms with Gasteiger partial charge < -0.3 is 20.1 Å². The number of hydrogen-bond donors (Lipinski definition) is 2. The van der Waals surface area contributed by atoms with Gasteiger partial charge in [-0.25, -0.2) is 0 Å². The number of ether oxygens (including phenoxy) is 2. The number of hydrogen-bond acceptors (Lipinski definition) is 4. The Morgan fingerprint density at radius 3 is 2.60 bits per heavy atom. The van der Waals surface area contributed by atoms with Gasteiger partial charge in [0.2, 0.25) is 0 Å². The SMILES string of the molecule is CCOc1ccc(C(=O)NCCCNC)cc1OC.Cl. The highest BCUT2D eigenvalue weighted by Crippen LogP contribution is 2.27. The molecule has 0 spiro atoms. The quantitative estimate of drug-likeness (QED) is 0.720. The van der Waals surface area contributed by atoms with Crippen LogP contribution in [0.3, 0.4) is 0 Å². The fourth-order valence-corrected chi connectivity index (χ4v) is 1.65. The van der Waals surface area contributed by atoms with Gasteiger partial charge in [-0.15, -0.1) is 12.4 Å². The predicted molar refractivity (Wildman–Crippen MR) is 82.3 cm³/mol. The molecule has 0 bridgehead atoms. The summed E-state index contributed by atoms with van der Waals surface area (Å²) in [5.41, 5.74) is 0.574. The van der Waals surface area contributed by atoms with Crippen LogP contribution in [0.4, 0.5) is 0 Å². The van der Waals surface area contributed by atoms with Crippen LogP contribution in [-0.4, -0.2) is 39.8 Å². The molecule has 0 aliphatic rings. The highest BCUT2D eigenvalue weighted by molar-refractivity contribution is 5.94. The van der Waals surface area contributed by atoms with Crippen molar-refractivity contribution in [2.75, 3.05) is 33.9 Å². The number of nitrogens with one attached hydrogen (secondary N) is 2. The van der Waals surface area contributed by atoms with E-state index in [2.05, 4.69) is 10.6 Å². The zero-order valence-electron chi connectivity index (χ0n) is 12.2. The summed E-state index contributed by atoms with van der Waals surface area (Å²) in [5.74, 6) is 1.12. The third-order valence-corrected chi connectivity index (χ3v) is 2.61. The van der Waals surface area contributed by atoms with E-state index in [1.54, 1.807) is 25.3 Å². The van der Waals surface area contributed by atoms with E-state index in [9.17, 15) is 4.79 Å². The van der Waals surface area contributed by atoms with Crippen molar-refractivity contribution >= 4 is 18.3 Å². The summed E-state index contributed by atoms with van der Waals surface area (Å²) in [6, 6.07) is 5.18. The van der Waals surface area contributed by atoms with Crippen molar-refractivity contribution in [2.24, 2.45) is 0 Å². The van der Waals surface area contributed by atoms with E-state index in [1.807, 2.05) is 14.0 Å². The molecule has 1 amide bonds. The van der Waals surface area contributed by atoms with Crippen molar-refractivity contribution < 1.29 is 14.3 Å². The maximum absolute atomic E-state index is 11.9. The average molecular weight is 303 g/mol. The minimum atomic E-state index is -0.0996. The first-order chi connectivity index (χ1) is 9.22. The van der Waals surface area contributed by atoms with Crippen molar-refractivity contribution in [1.29, 1.82) is 0 Å². The lowest BCUT2D eigenvalue weighted by Gasteiger charge is -2.11. The fourth-order valence-electron chi connectivity index (χ4n) is 1.65. The zero-order chi connectivity index (χ0) is 14.1. The van der Waals surface area contributed by atoms with E-state index >= 15 is 0 Å². The molecule has 0 unspecified atom stereocenters. The number of methoxy groups -OCH3 is 1. The smallest absolute Gasteiger partial charge is 0.251 e. The molecule has 5 nitrogen and oxygen atoms in total. The summed E-state index contributed by atoms with van der Waals surface area (Å²) in [4.78, 5) is 11.9. The van der Waals surface area contributed by atoms with E-state index in [1.165, 1.54) is 0 Å². The molecule has 1 aromatic rings. The maximum atomic E-state index is 11.9. The van der Waals surface area contributed by atoms with Crippen LogP contribution >= 0.6 is 12.4 Å². The second-order valence-corrected chi connectivity index (χ2v) is 4.01. The van der Waals surface area contributed by atoms with Gasteiger partial charge in [0.15, 0.2) is 11.5 Å². The third kappa shape index (κ3) is 5.67. The largest absolute Gasteiger partial charge is 0.493 e. The molecule has 0 radical (unpaired) electrons. The van der Waals surface area contributed by atoms with E-state index in [0.29, 0.717) is 30.2 Å². The Morgan fingerprint density at radius 2 is 2.00 bits per heavy atom. The minimum Gasteiger partial charge on any atom is -0.493 e. The molecule has 114 valence electrons. The molecule has 0 heterocycles. The number of amides is 1. The number of rotatable bonds is 8. The number of carbonyl (C=O) groups excluding carboxylic acids is 1. The first-order valence-electron chi connectivity index (χ1n) is 6.46. The second kappa shape index (κ2) is 10.3. The molecule has 0 aromatic heterocycles. The van der Waals surface area contributed by atoms with Gasteiger partial charge in [0.05, 0.1) is 13.7 Å². The van der Waals surface area contributed by atoms with Crippen molar-refractivity contribution in [3.05, 3.63) is 23.8 Å². The lowest BCUT2D eigenvalue weighted by atomic mass is 10.2. The molecule has 0 fully saturated rings. The van der Waals surface area contributed by atoms with Crippen molar-refractivity contribution in [2.45, 2.75) is 13.3 Å². The maximum Gasteiger partial charge on any atom is 0.251 e. The van der Waals surface area contributed by atoms with Crippen molar-refractivity contribution in [3.63, 3.8) is 0 Å². The summed E-state index contributed by atoms with van der Waals surface area (Å²) >= 11 is 0. The Kier molecular flexibility index (Phi) is 9.59. The average Bonchev–Trinajstić information content (AvgIpc) is 2.44. The third-order valence-electron chi connectivity index (χ3n) is 2.61. The van der Waals surface area contributed by atoms with Crippen LogP contribution in [0.5, 0.6) is 11.5 Å². The molecular weight excluding hydrogens is 280 g/mol. The van der Waals surface area contributed by atoms with Crippen LogP contribution in [0.25, 0.3) is 0 Å². The van der Waals surface area contributed by atoms with E-state index in [0.717, 1.165) is 13.0 Å². The van der Waals surface area contributed by atoms with Crippen molar-refractivity contribution in [3.8, 4) is 11.5 Å². The number of halogens is 1. The van der Waals surface area contributed by atoms with E-state index in [4.69, 9.17) is 9.47 Å². The summed E-state index contributed by atoms with van der Waals surface area (Å²) < 4.78 is 10.6. The summed E-state index contributed by atoms with van der Waals surface area (Å²) in [6.45, 7) is 4.00. The van der Waals surface area contributed by atoms with Crippen molar-refractivity contribution in [1.82, 2.24) is 10.6 Å². The Hall–Kier alpha value is -1.46. The lowest BCUT2D eigenvalue weighted by Crippen LogP contribution is -2.26. The molecule has 0 saturated heterocycles. The fraction of sp³-hybridized carbons (Fsp3) is 0.500. The molecule has 1 rings (SSSR count). The monoisotopic (exact) mass is 302 g/mol. The van der Waals surface area contributed by atoms with Gasteiger partial charge >= 0.3 is 0 Å². The predicted octanol–water partition coefficient (Wildman–Crippen LogP) is 1.85. The van der Waals surface area contributed by atoms with Crippen LogP contribution < -0.4 is 20.1 Å². The Balaban J connectivity index is 0.00000361. The number of carbonyl (C=O) groups is 1. The van der Waals surface area contributed by atoms with Crippen LogP contribution in [-0.2, 0) is 0 Å². The van der Waals surface area contributed by atoms with E-state index in [-0.39, 0.29) is 18.3 Å². The van der Waals surface area contributed by atoms with Crippen LogP contribution in [0, 0.1) is 0 Å². The molecule has 0 aliphatic heterocycles.